The molecule has 19 nitrogen and oxygen atoms in total. The van der Waals surface area contributed by atoms with E-state index in [1.54, 1.807) is 19.2 Å². The summed E-state index contributed by atoms with van der Waals surface area (Å²) in [5, 5.41) is 30.6. The number of β-lactam (4-membered cyclic amide) rings is 1. The highest BCUT2D eigenvalue weighted by Crippen LogP contribution is 2.35. The standard InChI is InChI=1S/C32H44N8O11S2/c1-30(2)24(27(42)40(30)51-53(45,46)47)38-26(41)23(20-15-52-29(35)37-20)39-50-31(3,28(43)44)22-7-5-6-17-14-18(8-9-21(17)49-22)25(34)36-19-10-12-32(16-33,48-4)13-11-19/h8-9,14-15,19,22,24H,5-7,10-13,16,33H2,1-4H3,(H2,34,36)(H2,35,37)(H,38,41)(H,43,44)(H,45,46,47)/b39-23-/t19-,22-,24-,31+,32+/m1/s1. The number of nitrogen functional groups attached to an aromatic ring is 1. The molecule has 0 unspecified atom stereocenters. The van der Waals surface area contributed by atoms with Crippen LogP contribution in [0.25, 0.3) is 0 Å². The first kappa shape index (κ1) is 39.8. The summed E-state index contributed by atoms with van der Waals surface area (Å²) in [5.41, 5.74) is 8.60. The molecule has 53 heavy (non-hydrogen) atoms. The average Bonchev–Trinajstić information content (AvgIpc) is 3.42. The van der Waals surface area contributed by atoms with Gasteiger partial charge in [-0.05, 0) is 89.5 Å². The van der Waals surface area contributed by atoms with Crippen LogP contribution < -0.4 is 26.8 Å². The first-order valence-electron chi connectivity index (χ1n) is 16.8. The number of thiazole rings is 1. The summed E-state index contributed by atoms with van der Waals surface area (Å²) in [6.45, 7) is 4.43. The summed E-state index contributed by atoms with van der Waals surface area (Å²) in [5.74, 6) is -2.81. The minimum atomic E-state index is -5.04. The molecule has 1 aliphatic carbocycles. The Morgan fingerprint density at radius 3 is 2.51 bits per heavy atom. The van der Waals surface area contributed by atoms with Crippen molar-refractivity contribution in [3.05, 3.63) is 40.4 Å². The minimum Gasteiger partial charge on any atom is -0.485 e. The fourth-order valence-electron chi connectivity index (χ4n) is 6.59. The fourth-order valence-corrected chi connectivity index (χ4v) is 7.59. The lowest BCUT2D eigenvalue weighted by molar-refractivity contribution is -0.218. The van der Waals surface area contributed by atoms with Crippen LogP contribution in [0.3, 0.4) is 0 Å². The maximum Gasteiger partial charge on any atom is 0.418 e. The molecule has 0 bridgehead atoms. The van der Waals surface area contributed by atoms with E-state index >= 15 is 0 Å². The van der Waals surface area contributed by atoms with Gasteiger partial charge in [0.15, 0.2) is 16.9 Å². The Kier molecular flexibility index (Phi) is 11.4. The molecule has 0 spiro atoms. The van der Waals surface area contributed by atoms with Crippen molar-refractivity contribution in [3.8, 4) is 5.75 Å². The molecule has 3 heterocycles. The van der Waals surface area contributed by atoms with Gasteiger partial charge in [0.05, 0.1) is 11.1 Å². The number of amides is 2. The largest absolute Gasteiger partial charge is 0.485 e. The first-order chi connectivity index (χ1) is 24.8. The van der Waals surface area contributed by atoms with E-state index in [9.17, 15) is 27.9 Å². The van der Waals surface area contributed by atoms with E-state index < -0.39 is 57.2 Å². The van der Waals surface area contributed by atoms with E-state index in [-0.39, 0.29) is 34.7 Å². The lowest BCUT2D eigenvalue weighted by atomic mass is 9.82. The van der Waals surface area contributed by atoms with E-state index in [1.165, 1.54) is 26.2 Å². The summed E-state index contributed by atoms with van der Waals surface area (Å²) in [6, 6.07) is 3.98. The molecule has 290 valence electrons. The second kappa shape index (κ2) is 15.1. The van der Waals surface area contributed by atoms with Crippen molar-refractivity contribution in [1.29, 1.82) is 5.41 Å². The zero-order valence-electron chi connectivity index (χ0n) is 29.6. The average molecular weight is 781 g/mol. The highest BCUT2D eigenvalue weighted by Gasteiger charge is 2.58. The van der Waals surface area contributed by atoms with E-state index in [4.69, 9.17) is 35.7 Å². The van der Waals surface area contributed by atoms with Gasteiger partial charge in [-0.15, -0.1) is 15.6 Å². The number of nitrogens with two attached hydrogens (primary N) is 2. The van der Waals surface area contributed by atoms with Gasteiger partial charge in [-0.2, -0.15) is 13.5 Å². The van der Waals surface area contributed by atoms with Crippen molar-refractivity contribution in [2.75, 3.05) is 19.4 Å². The number of carbonyl (C=O) groups is 3. The van der Waals surface area contributed by atoms with E-state index in [0.29, 0.717) is 35.8 Å². The number of hydroxylamine groups is 2. The number of hydrogen-bond donors (Lipinski definition) is 7. The van der Waals surface area contributed by atoms with Crippen LogP contribution in [0.15, 0.2) is 28.7 Å². The summed E-state index contributed by atoms with van der Waals surface area (Å²) in [6.07, 6.45) is 3.33. The van der Waals surface area contributed by atoms with Crippen LogP contribution >= 0.6 is 11.3 Å². The van der Waals surface area contributed by atoms with E-state index in [0.717, 1.165) is 42.6 Å². The maximum absolute atomic E-state index is 13.5. The molecule has 2 amide bonds. The van der Waals surface area contributed by atoms with Gasteiger partial charge in [0.25, 0.3) is 17.4 Å². The number of nitrogens with one attached hydrogen (secondary N) is 3. The topological polar surface area (TPSA) is 291 Å². The summed E-state index contributed by atoms with van der Waals surface area (Å²) < 4.78 is 47.7. The summed E-state index contributed by atoms with van der Waals surface area (Å²) in [4.78, 5) is 48.7. The molecule has 1 saturated heterocycles. The molecule has 2 aromatic rings. The molecule has 3 aliphatic rings. The van der Waals surface area contributed by atoms with Gasteiger partial charge in [0.1, 0.15) is 23.3 Å². The minimum absolute atomic E-state index is 0.0547. The van der Waals surface area contributed by atoms with Crippen LogP contribution in [0.1, 0.15) is 76.1 Å². The normalized spacial score (nSPS) is 25.5. The zero-order chi connectivity index (χ0) is 38.9. The van der Waals surface area contributed by atoms with Crippen molar-refractivity contribution in [2.45, 2.75) is 101 Å². The second-order valence-corrected chi connectivity index (χ2v) is 15.8. The van der Waals surface area contributed by atoms with Gasteiger partial charge >= 0.3 is 16.4 Å². The Hall–Kier alpha value is -4.41. The maximum atomic E-state index is 13.5. The Morgan fingerprint density at radius 2 is 1.94 bits per heavy atom. The molecule has 2 aliphatic heterocycles. The first-order valence-corrected chi connectivity index (χ1v) is 19.0. The summed E-state index contributed by atoms with van der Waals surface area (Å²) >= 11 is 0.963. The highest BCUT2D eigenvalue weighted by molar-refractivity contribution is 7.80. The Balaban J connectivity index is 1.32. The van der Waals surface area contributed by atoms with Gasteiger partial charge in [0.2, 0.25) is 0 Å². The van der Waals surface area contributed by atoms with E-state index in [1.807, 2.05) is 6.07 Å². The molecule has 2 fully saturated rings. The number of anilines is 1. The lowest BCUT2D eigenvalue weighted by Crippen LogP contribution is -2.76. The van der Waals surface area contributed by atoms with Crippen molar-refractivity contribution in [2.24, 2.45) is 10.9 Å². The molecule has 1 aromatic heterocycles. The number of oxime groups is 1. The third-order valence-corrected chi connectivity index (χ3v) is 11.1. The third-order valence-electron chi connectivity index (χ3n) is 10.0. The van der Waals surface area contributed by atoms with Crippen LogP contribution in [0.4, 0.5) is 5.13 Å². The van der Waals surface area contributed by atoms with Gasteiger partial charge in [-0.25, -0.2) is 9.78 Å². The smallest absolute Gasteiger partial charge is 0.418 e. The lowest BCUT2D eigenvalue weighted by Gasteiger charge is -2.50. The van der Waals surface area contributed by atoms with Crippen LogP contribution in [0.2, 0.25) is 0 Å². The number of benzene rings is 1. The Morgan fingerprint density at radius 1 is 1.25 bits per heavy atom. The van der Waals surface area contributed by atoms with Crippen LogP contribution in [0.5, 0.6) is 5.75 Å². The Bertz CT molecular complexity index is 1890. The predicted octanol–water partition coefficient (Wildman–Crippen LogP) is 1.11. The SMILES string of the molecule is CO[C@]1(CN)CC[C@H](NC(=N)c2ccc3c(c2)CCC[C@H]([C@](C)(O/N=C(\C(=O)N[C@@H]2C(=O)N(OS(=O)(=O)O)C2(C)C)c2csc(N)n2)C(=O)O)O3)CC1. The van der Waals surface area contributed by atoms with Crippen LogP contribution in [0, 0.1) is 5.41 Å². The fraction of sp³-hybridized carbons (Fsp3) is 0.562. The Labute approximate surface area is 309 Å². The number of methoxy groups -OCH3 is 1. The van der Waals surface area contributed by atoms with Crippen molar-refractivity contribution in [1.82, 2.24) is 20.7 Å². The van der Waals surface area contributed by atoms with Gasteiger partial charge in [-0.1, -0.05) is 5.16 Å². The number of hydrogen-bond acceptors (Lipinski definition) is 15. The molecule has 1 saturated carbocycles. The second-order valence-electron chi connectivity index (χ2n) is 13.9. The number of aliphatic carboxylic acids is 1. The number of amidine groups is 1. The van der Waals surface area contributed by atoms with Gasteiger partial charge in [0, 0.05) is 30.6 Å². The number of carbonyl (C=O) groups excluding carboxylic acids is 2. The van der Waals surface area contributed by atoms with Crippen molar-refractivity contribution in [3.63, 3.8) is 0 Å². The van der Waals surface area contributed by atoms with Gasteiger partial charge < -0.3 is 41.5 Å². The predicted molar refractivity (Wildman–Crippen MR) is 190 cm³/mol. The monoisotopic (exact) mass is 780 g/mol. The number of carboxylic acids is 1. The molecule has 3 atom stereocenters. The molecule has 5 rings (SSSR count). The number of ether oxygens (including phenoxy) is 2. The zero-order valence-corrected chi connectivity index (χ0v) is 31.2. The highest BCUT2D eigenvalue weighted by atomic mass is 32.3. The third kappa shape index (κ3) is 8.39. The summed E-state index contributed by atoms with van der Waals surface area (Å²) in [7, 11) is -3.37. The molecule has 0 radical (unpaired) electrons. The van der Waals surface area contributed by atoms with Crippen molar-refractivity contribution >= 4 is 56.2 Å². The molecule has 1 aromatic carbocycles. The molecule has 21 heteroatoms. The number of aryl methyl sites for hydroxylation is 1. The molecular weight excluding hydrogens is 737 g/mol. The van der Waals surface area contributed by atoms with Crippen LogP contribution in [-0.4, -0.2) is 106 Å². The van der Waals surface area contributed by atoms with E-state index in [2.05, 4.69) is 25.1 Å². The van der Waals surface area contributed by atoms with Crippen molar-refractivity contribution < 1.29 is 51.1 Å². The number of nitrogens with zero attached hydrogens (tertiary/aromatic N) is 3. The molecule has 9 N–H and O–H groups in total. The molecular formula is C32H44N8O11S2. The number of rotatable bonds is 13. The number of carboxylic acid groups (broad SMARTS) is 1. The number of fused-ring (bicyclic) bond motifs is 1. The van der Waals surface area contributed by atoms with Gasteiger partial charge in [-0.3, -0.25) is 19.6 Å². The number of aromatic nitrogens is 1. The van der Waals surface area contributed by atoms with Crippen LogP contribution in [-0.2, 0) is 45.1 Å². The quantitative estimate of drug-likeness (QED) is 0.0493.